The number of esters is 1. The minimum atomic E-state index is -3.68. The van der Waals surface area contributed by atoms with E-state index in [0.29, 0.717) is 18.4 Å². The van der Waals surface area contributed by atoms with Crippen LogP contribution >= 0.6 is 0 Å². The lowest BCUT2D eigenvalue weighted by Gasteiger charge is -2.28. The van der Waals surface area contributed by atoms with E-state index in [-0.39, 0.29) is 16.9 Å². The molecule has 0 aromatic heterocycles. The normalized spacial score (nSPS) is 22.6. The Labute approximate surface area is 111 Å². The second-order valence-electron chi connectivity index (χ2n) is 4.73. The molecular weight excluding hydrogens is 280 g/mol. The molecule has 1 aliphatic carbocycles. The second kappa shape index (κ2) is 4.36. The van der Waals surface area contributed by atoms with Crippen molar-refractivity contribution >= 4 is 5.97 Å². The fourth-order valence-electron chi connectivity index (χ4n) is 2.76. The van der Waals surface area contributed by atoms with Crippen LogP contribution in [0.1, 0.15) is 29.0 Å². The topological polar surface area (TPSA) is 35.5 Å². The first-order valence-corrected chi connectivity index (χ1v) is 6.08. The van der Waals surface area contributed by atoms with E-state index < -0.39 is 31.0 Å². The minimum absolute atomic E-state index is 0.136. The van der Waals surface area contributed by atoms with E-state index >= 15 is 0 Å². The van der Waals surface area contributed by atoms with Gasteiger partial charge in [0.1, 0.15) is 12.4 Å². The Kier molecular flexibility index (Phi) is 2.88. The molecule has 7 heteroatoms. The summed E-state index contributed by atoms with van der Waals surface area (Å²) in [6, 6.07) is 2.30. The Morgan fingerprint density at radius 2 is 2.15 bits per heavy atom. The fraction of sp³-hybridized carbons (Fsp3) is 0.462. The van der Waals surface area contributed by atoms with Gasteiger partial charge in [-0.3, -0.25) is 4.79 Å². The van der Waals surface area contributed by atoms with E-state index in [1.165, 1.54) is 6.07 Å². The molecule has 0 amide bonds. The Morgan fingerprint density at radius 3 is 2.85 bits per heavy atom. The lowest BCUT2D eigenvalue weighted by Crippen LogP contribution is -2.33. The van der Waals surface area contributed by atoms with Gasteiger partial charge in [0.15, 0.2) is 0 Å². The predicted molar refractivity (Wildman–Crippen MR) is 59.0 cm³/mol. The van der Waals surface area contributed by atoms with Crippen LogP contribution in [-0.4, -0.2) is 19.0 Å². The Morgan fingerprint density at radius 1 is 1.40 bits per heavy atom. The Hall–Kier alpha value is -1.79. The van der Waals surface area contributed by atoms with Crippen LogP contribution in [0.3, 0.4) is 0 Å². The molecular formula is C13H10F4O3. The van der Waals surface area contributed by atoms with E-state index in [1.54, 1.807) is 0 Å². The Bertz CT molecular complexity index is 571. The maximum absolute atomic E-state index is 13.7. The number of cyclic esters (lactones) is 1. The van der Waals surface area contributed by atoms with Gasteiger partial charge >= 0.3 is 12.1 Å². The van der Waals surface area contributed by atoms with Crippen molar-refractivity contribution in [3.8, 4) is 5.75 Å². The SMILES string of the molecule is O=C1OC(F)(F)c2ccc(OCC(F)F)c3c2C1CC3. The molecule has 0 spiro atoms. The molecule has 1 heterocycles. The van der Waals surface area contributed by atoms with Gasteiger partial charge in [0.25, 0.3) is 6.43 Å². The number of benzene rings is 1. The molecule has 0 saturated heterocycles. The monoisotopic (exact) mass is 290 g/mol. The number of ether oxygens (including phenoxy) is 2. The average molecular weight is 290 g/mol. The summed E-state index contributed by atoms with van der Waals surface area (Å²) in [5.74, 6) is -1.60. The summed E-state index contributed by atoms with van der Waals surface area (Å²) >= 11 is 0. The van der Waals surface area contributed by atoms with Crippen molar-refractivity contribution in [2.24, 2.45) is 0 Å². The molecule has 20 heavy (non-hydrogen) atoms. The number of carbonyl (C=O) groups is 1. The summed E-state index contributed by atoms with van der Waals surface area (Å²) in [6.45, 7) is -0.808. The summed E-state index contributed by atoms with van der Waals surface area (Å²) < 4.78 is 60.8. The van der Waals surface area contributed by atoms with Gasteiger partial charge in [-0.1, -0.05) is 0 Å². The maximum Gasteiger partial charge on any atom is 0.429 e. The third kappa shape index (κ3) is 1.92. The van der Waals surface area contributed by atoms with Crippen LogP contribution in [0.5, 0.6) is 5.75 Å². The van der Waals surface area contributed by atoms with Crippen molar-refractivity contribution in [1.82, 2.24) is 0 Å². The smallest absolute Gasteiger partial charge is 0.429 e. The standard InChI is InChI=1S/C13H10F4O3/c14-10(15)5-19-9-4-3-8-11-6(9)1-2-7(11)12(18)20-13(8,16)17/h3-4,7,10H,1-2,5H2. The minimum Gasteiger partial charge on any atom is -0.487 e. The highest BCUT2D eigenvalue weighted by atomic mass is 19.3. The van der Waals surface area contributed by atoms with Gasteiger partial charge in [0.2, 0.25) is 0 Å². The predicted octanol–water partition coefficient (Wildman–Crippen LogP) is 2.97. The zero-order valence-electron chi connectivity index (χ0n) is 10.2. The van der Waals surface area contributed by atoms with Gasteiger partial charge in [-0.15, -0.1) is 0 Å². The summed E-state index contributed by atoms with van der Waals surface area (Å²) in [7, 11) is 0. The van der Waals surface area contributed by atoms with Gasteiger partial charge in [0.05, 0.1) is 11.5 Å². The van der Waals surface area contributed by atoms with Gasteiger partial charge in [-0.05, 0) is 36.1 Å². The quantitative estimate of drug-likeness (QED) is 0.634. The first-order chi connectivity index (χ1) is 9.40. The van der Waals surface area contributed by atoms with Crippen molar-refractivity contribution in [2.45, 2.75) is 31.3 Å². The zero-order chi connectivity index (χ0) is 14.5. The van der Waals surface area contributed by atoms with Gasteiger partial charge in [-0.2, -0.15) is 8.78 Å². The average Bonchev–Trinajstić information content (AvgIpc) is 2.78. The molecule has 1 unspecified atom stereocenters. The van der Waals surface area contributed by atoms with E-state index in [2.05, 4.69) is 4.74 Å². The molecule has 0 fully saturated rings. The highest BCUT2D eigenvalue weighted by Crippen LogP contribution is 2.50. The maximum atomic E-state index is 13.7. The summed E-state index contributed by atoms with van der Waals surface area (Å²) in [4.78, 5) is 11.6. The number of hydrogen-bond donors (Lipinski definition) is 0. The molecule has 0 bridgehead atoms. The molecule has 1 aromatic rings. The van der Waals surface area contributed by atoms with Gasteiger partial charge < -0.3 is 9.47 Å². The summed E-state index contributed by atoms with van der Waals surface area (Å²) in [6.07, 6.45) is -5.67. The lowest BCUT2D eigenvalue weighted by molar-refractivity contribution is -0.246. The largest absolute Gasteiger partial charge is 0.487 e. The van der Waals surface area contributed by atoms with Crippen molar-refractivity contribution in [2.75, 3.05) is 6.61 Å². The molecule has 1 atom stereocenters. The zero-order valence-corrected chi connectivity index (χ0v) is 10.2. The highest BCUT2D eigenvalue weighted by Gasteiger charge is 2.50. The van der Waals surface area contributed by atoms with Crippen LogP contribution in [0.4, 0.5) is 17.6 Å². The van der Waals surface area contributed by atoms with Crippen LogP contribution in [-0.2, 0) is 22.1 Å². The van der Waals surface area contributed by atoms with Crippen LogP contribution in [0, 0.1) is 0 Å². The fourth-order valence-corrected chi connectivity index (χ4v) is 2.76. The number of rotatable bonds is 3. The number of carbonyl (C=O) groups excluding carboxylic acids is 1. The first kappa shape index (κ1) is 13.2. The molecule has 3 nitrogen and oxygen atoms in total. The lowest BCUT2D eigenvalue weighted by atomic mass is 9.92. The van der Waals surface area contributed by atoms with E-state index in [0.717, 1.165) is 6.07 Å². The van der Waals surface area contributed by atoms with Gasteiger partial charge in [-0.25, -0.2) is 8.78 Å². The highest BCUT2D eigenvalue weighted by molar-refractivity contribution is 5.83. The van der Waals surface area contributed by atoms with Crippen molar-refractivity contribution < 1.29 is 31.8 Å². The third-order valence-electron chi connectivity index (χ3n) is 3.54. The van der Waals surface area contributed by atoms with E-state index in [1.807, 2.05) is 0 Å². The molecule has 0 N–H and O–H groups in total. The van der Waals surface area contributed by atoms with Crippen LogP contribution in [0.25, 0.3) is 0 Å². The van der Waals surface area contributed by atoms with Crippen molar-refractivity contribution in [1.29, 1.82) is 0 Å². The molecule has 1 aromatic carbocycles. The summed E-state index contributed by atoms with van der Waals surface area (Å²) in [5, 5.41) is 0. The second-order valence-corrected chi connectivity index (χ2v) is 4.73. The third-order valence-corrected chi connectivity index (χ3v) is 3.54. The van der Waals surface area contributed by atoms with Crippen molar-refractivity contribution in [3.63, 3.8) is 0 Å². The number of hydrogen-bond acceptors (Lipinski definition) is 3. The molecule has 108 valence electrons. The van der Waals surface area contributed by atoms with Gasteiger partial charge in [0, 0.05) is 0 Å². The summed E-state index contributed by atoms with van der Waals surface area (Å²) in [5.41, 5.74) is 0.210. The molecule has 0 radical (unpaired) electrons. The number of alkyl halides is 4. The molecule has 1 aliphatic heterocycles. The van der Waals surface area contributed by atoms with E-state index in [4.69, 9.17) is 4.74 Å². The molecule has 2 aliphatic rings. The Balaban J connectivity index is 2.05. The van der Waals surface area contributed by atoms with Crippen LogP contribution < -0.4 is 4.74 Å². The molecule has 0 saturated carbocycles. The number of halogens is 4. The molecule has 3 rings (SSSR count). The van der Waals surface area contributed by atoms with Crippen LogP contribution in [0.15, 0.2) is 12.1 Å². The first-order valence-electron chi connectivity index (χ1n) is 6.08. The van der Waals surface area contributed by atoms with E-state index in [9.17, 15) is 22.4 Å². The van der Waals surface area contributed by atoms with Crippen LogP contribution in [0.2, 0.25) is 0 Å². The van der Waals surface area contributed by atoms with Crippen molar-refractivity contribution in [3.05, 3.63) is 28.8 Å².